The molecule has 24 heavy (non-hydrogen) atoms. The van der Waals surface area contributed by atoms with E-state index in [0.29, 0.717) is 5.76 Å². The monoisotopic (exact) mass is 327 g/mol. The Labute approximate surface area is 140 Å². The number of hydrogen-bond acceptors (Lipinski definition) is 4. The maximum atomic E-state index is 12.0. The summed E-state index contributed by atoms with van der Waals surface area (Å²) in [6.07, 6.45) is 4.81. The minimum atomic E-state index is -0.314. The van der Waals surface area contributed by atoms with Crippen LogP contribution in [-0.2, 0) is 9.59 Å². The minimum absolute atomic E-state index is 0.127. The topological polar surface area (TPSA) is 88.6 Å². The Morgan fingerprint density at radius 2 is 2.04 bits per heavy atom. The van der Waals surface area contributed by atoms with E-state index >= 15 is 0 Å². The van der Waals surface area contributed by atoms with Gasteiger partial charge in [-0.1, -0.05) is 18.2 Å². The van der Waals surface area contributed by atoms with Gasteiger partial charge in [0.1, 0.15) is 11.3 Å². The Balaban J connectivity index is 1.50. The van der Waals surface area contributed by atoms with E-state index in [1.165, 1.54) is 6.08 Å². The van der Waals surface area contributed by atoms with Crippen LogP contribution in [-0.4, -0.2) is 42.4 Å². The number of furan rings is 1. The van der Waals surface area contributed by atoms with Gasteiger partial charge in [0, 0.05) is 30.6 Å². The molecule has 3 N–H and O–H groups in total. The number of amides is 2. The number of piperidine rings is 1. The van der Waals surface area contributed by atoms with E-state index in [9.17, 15) is 9.59 Å². The highest BCUT2D eigenvalue weighted by atomic mass is 16.3. The molecule has 1 fully saturated rings. The van der Waals surface area contributed by atoms with Gasteiger partial charge in [-0.3, -0.25) is 14.5 Å². The molecule has 0 saturated carbocycles. The largest absolute Gasteiger partial charge is 0.457 e. The van der Waals surface area contributed by atoms with Crippen molar-refractivity contribution in [2.45, 2.75) is 18.9 Å². The Bertz CT molecular complexity index is 725. The van der Waals surface area contributed by atoms with E-state index in [0.717, 1.165) is 36.9 Å². The van der Waals surface area contributed by atoms with Gasteiger partial charge in [-0.25, -0.2) is 0 Å². The number of carbonyl (C=O) groups is 2. The highest BCUT2D eigenvalue weighted by Crippen LogP contribution is 2.19. The summed E-state index contributed by atoms with van der Waals surface area (Å²) in [6, 6.07) is 9.76. The van der Waals surface area contributed by atoms with E-state index < -0.39 is 0 Å². The summed E-state index contributed by atoms with van der Waals surface area (Å²) in [5, 5.41) is 4.00. The van der Waals surface area contributed by atoms with Crippen molar-refractivity contribution < 1.29 is 14.0 Å². The molecule has 0 atom stereocenters. The van der Waals surface area contributed by atoms with Crippen molar-refractivity contribution in [1.82, 2.24) is 10.2 Å². The van der Waals surface area contributed by atoms with Crippen LogP contribution in [0.4, 0.5) is 0 Å². The molecule has 3 rings (SSSR count). The molecule has 1 saturated heterocycles. The van der Waals surface area contributed by atoms with Crippen LogP contribution in [0.3, 0.4) is 0 Å². The number of nitrogens with zero attached hydrogens (tertiary/aromatic N) is 1. The summed E-state index contributed by atoms with van der Waals surface area (Å²) in [6.45, 7) is 1.81. The van der Waals surface area contributed by atoms with E-state index in [1.54, 1.807) is 6.08 Å². The fraction of sp³-hybridized carbons (Fsp3) is 0.333. The van der Waals surface area contributed by atoms with Crippen molar-refractivity contribution in [1.29, 1.82) is 0 Å². The van der Waals surface area contributed by atoms with Gasteiger partial charge in [0.25, 0.3) is 0 Å². The highest BCUT2D eigenvalue weighted by molar-refractivity contribution is 5.92. The lowest BCUT2D eigenvalue weighted by molar-refractivity contribution is -0.120. The molecule has 0 aliphatic carbocycles. The number of nitrogens with one attached hydrogen (secondary N) is 1. The first kappa shape index (κ1) is 16.3. The second-order valence-corrected chi connectivity index (χ2v) is 6.05. The number of hydrogen-bond donors (Lipinski definition) is 2. The van der Waals surface area contributed by atoms with E-state index in [2.05, 4.69) is 5.32 Å². The number of fused-ring (bicyclic) bond motifs is 1. The smallest absolute Gasteiger partial charge is 0.244 e. The maximum Gasteiger partial charge on any atom is 0.244 e. The van der Waals surface area contributed by atoms with Crippen LogP contribution in [0.25, 0.3) is 17.0 Å². The molecule has 1 aromatic heterocycles. The lowest BCUT2D eigenvalue weighted by Gasteiger charge is -2.31. The van der Waals surface area contributed by atoms with Gasteiger partial charge in [-0.15, -0.1) is 0 Å². The first-order valence-corrected chi connectivity index (χ1v) is 8.08. The number of primary amides is 1. The maximum absolute atomic E-state index is 12.0. The summed E-state index contributed by atoms with van der Waals surface area (Å²) in [7, 11) is 0. The molecule has 2 heterocycles. The summed E-state index contributed by atoms with van der Waals surface area (Å²) in [5.41, 5.74) is 6.00. The fourth-order valence-electron chi connectivity index (χ4n) is 2.95. The number of rotatable bonds is 5. The van der Waals surface area contributed by atoms with Crippen molar-refractivity contribution in [2.24, 2.45) is 5.73 Å². The van der Waals surface area contributed by atoms with Gasteiger partial charge in [0.2, 0.25) is 11.8 Å². The predicted octanol–water partition coefficient (Wildman–Crippen LogP) is 1.51. The standard InChI is InChI=1S/C18H21N3O3/c19-17(22)12-21-9-7-14(8-10-21)20-18(23)6-5-15-11-13-3-1-2-4-16(13)24-15/h1-6,11,14H,7-10,12H2,(H2,19,22)(H,20,23). The molecule has 6 heteroatoms. The van der Waals surface area contributed by atoms with Crippen LogP contribution in [0, 0.1) is 0 Å². The van der Waals surface area contributed by atoms with Crippen molar-refractivity contribution in [3.8, 4) is 0 Å². The number of likely N-dealkylation sites (tertiary alicyclic amines) is 1. The van der Waals surface area contributed by atoms with Gasteiger partial charge in [-0.2, -0.15) is 0 Å². The first-order chi connectivity index (χ1) is 11.6. The minimum Gasteiger partial charge on any atom is -0.457 e. The highest BCUT2D eigenvalue weighted by Gasteiger charge is 2.20. The first-order valence-electron chi connectivity index (χ1n) is 8.08. The normalized spacial score (nSPS) is 16.7. The van der Waals surface area contributed by atoms with Crippen LogP contribution in [0.1, 0.15) is 18.6 Å². The zero-order chi connectivity index (χ0) is 16.9. The lowest BCUT2D eigenvalue weighted by Crippen LogP contribution is -2.46. The molecule has 0 radical (unpaired) electrons. The molecule has 0 bridgehead atoms. The van der Waals surface area contributed by atoms with Crippen LogP contribution >= 0.6 is 0 Å². The van der Waals surface area contributed by atoms with Crippen molar-refractivity contribution in [3.63, 3.8) is 0 Å². The average Bonchev–Trinajstić information content (AvgIpc) is 2.97. The molecule has 2 amide bonds. The SMILES string of the molecule is NC(=O)CN1CCC(NC(=O)C=Cc2cc3ccccc3o2)CC1. The third-order valence-electron chi connectivity index (χ3n) is 4.16. The Morgan fingerprint density at radius 3 is 2.75 bits per heavy atom. The Kier molecular flexibility index (Phi) is 4.96. The third kappa shape index (κ3) is 4.23. The molecule has 0 spiro atoms. The molecule has 126 valence electrons. The van der Waals surface area contributed by atoms with Crippen molar-refractivity contribution >= 4 is 28.9 Å². The molecule has 2 aromatic rings. The second-order valence-electron chi connectivity index (χ2n) is 6.05. The molecule has 1 aliphatic heterocycles. The van der Waals surface area contributed by atoms with Gasteiger partial charge in [0.05, 0.1) is 6.54 Å². The van der Waals surface area contributed by atoms with Gasteiger partial charge in [-0.05, 0) is 31.1 Å². The summed E-state index contributed by atoms with van der Waals surface area (Å²) in [5.74, 6) is 0.206. The van der Waals surface area contributed by atoms with E-state index in [4.69, 9.17) is 10.2 Å². The van der Waals surface area contributed by atoms with Crippen LogP contribution < -0.4 is 11.1 Å². The molecule has 0 unspecified atom stereocenters. The summed E-state index contributed by atoms with van der Waals surface area (Å²) >= 11 is 0. The molecular formula is C18H21N3O3. The Hall–Kier alpha value is -2.60. The number of carbonyl (C=O) groups excluding carboxylic acids is 2. The summed E-state index contributed by atoms with van der Waals surface area (Å²) in [4.78, 5) is 24.9. The average molecular weight is 327 g/mol. The number of benzene rings is 1. The summed E-state index contributed by atoms with van der Waals surface area (Å²) < 4.78 is 5.64. The zero-order valence-electron chi connectivity index (χ0n) is 13.4. The van der Waals surface area contributed by atoms with Crippen LogP contribution in [0.15, 0.2) is 40.8 Å². The second kappa shape index (κ2) is 7.31. The number of para-hydroxylation sites is 1. The third-order valence-corrected chi connectivity index (χ3v) is 4.16. The van der Waals surface area contributed by atoms with Gasteiger partial charge in [0.15, 0.2) is 0 Å². The fourth-order valence-corrected chi connectivity index (χ4v) is 2.95. The van der Waals surface area contributed by atoms with Gasteiger partial charge < -0.3 is 15.5 Å². The molecule has 1 aromatic carbocycles. The van der Waals surface area contributed by atoms with E-state index in [1.807, 2.05) is 35.2 Å². The molecule has 6 nitrogen and oxygen atoms in total. The van der Waals surface area contributed by atoms with Crippen molar-refractivity contribution in [2.75, 3.05) is 19.6 Å². The van der Waals surface area contributed by atoms with Crippen LogP contribution in [0.2, 0.25) is 0 Å². The van der Waals surface area contributed by atoms with Gasteiger partial charge >= 0.3 is 0 Å². The molecule has 1 aliphatic rings. The van der Waals surface area contributed by atoms with Crippen LogP contribution in [0.5, 0.6) is 0 Å². The number of nitrogens with two attached hydrogens (primary N) is 1. The molecular weight excluding hydrogens is 306 g/mol. The quantitative estimate of drug-likeness (QED) is 0.815. The lowest BCUT2D eigenvalue weighted by atomic mass is 10.0. The zero-order valence-corrected chi connectivity index (χ0v) is 13.4. The Morgan fingerprint density at radius 1 is 1.29 bits per heavy atom. The van der Waals surface area contributed by atoms with Crippen molar-refractivity contribution in [3.05, 3.63) is 42.2 Å². The predicted molar refractivity (Wildman–Crippen MR) is 92.0 cm³/mol. The van der Waals surface area contributed by atoms with E-state index in [-0.39, 0.29) is 24.4 Å².